The van der Waals surface area contributed by atoms with Crippen LogP contribution < -0.4 is 16.0 Å². The van der Waals surface area contributed by atoms with E-state index in [1.807, 2.05) is 6.92 Å². The number of alkyl carbamates (subject to hydrolysis) is 1. The van der Waals surface area contributed by atoms with Crippen molar-refractivity contribution in [2.45, 2.75) is 76.6 Å². The molecule has 0 aromatic heterocycles. The third kappa shape index (κ3) is 14.3. The Hall–Kier alpha value is -3.10. The standard InChI is InChI=1S/C20H34N4O6.C2HF3O2/c1-2-3-10-29-20(28)23-17(19(26)27)6-9-22-18(25)13-16-12-15(24-30-16)11-14-4-7-21-8-5-14;3-2(4,5)1(6)7/h14,16-17,21H,2-13H2,1H3,(H,22,25)(H,23,28)(H,26,27);(H,6,7)/t16?,17-;/m1./s1. The number of carbonyl (C=O) groups is 4. The van der Waals surface area contributed by atoms with E-state index < -0.39 is 30.2 Å². The van der Waals surface area contributed by atoms with E-state index in [9.17, 15) is 32.7 Å². The smallest absolute Gasteiger partial charge is 0.480 e. The van der Waals surface area contributed by atoms with Crippen molar-refractivity contribution >= 4 is 29.7 Å². The highest BCUT2D eigenvalue weighted by Crippen LogP contribution is 2.23. The van der Waals surface area contributed by atoms with Crippen LogP contribution in [0, 0.1) is 5.92 Å². The van der Waals surface area contributed by atoms with Crippen molar-refractivity contribution in [2.75, 3.05) is 26.2 Å². The average molecular weight is 541 g/mol. The SMILES string of the molecule is CCCCOC(=O)N[C@H](CCNC(=O)CC1CC(CC2CCNCC2)=NO1)C(=O)O.O=C(O)C(F)(F)F. The van der Waals surface area contributed by atoms with Gasteiger partial charge in [0, 0.05) is 13.0 Å². The molecule has 212 valence electrons. The van der Waals surface area contributed by atoms with E-state index in [0.29, 0.717) is 18.8 Å². The van der Waals surface area contributed by atoms with E-state index in [0.717, 1.165) is 44.5 Å². The second kappa shape index (κ2) is 16.6. The number of piperidine rings is 1. The van der Waals surface area contributed by atoms with E-state index >= 15 is 0 Å². The maximum atomic E-state index is 12.1. The van der Waals surface area contributed by atoms with Crippen LogP contribution in [0.1, 0.15) is 58.3 Å². The number of rotatable bonds is 12. The molecule has 2 aliphatic rings. The van der Waals surface area contributed by atoms with Gasteiger partial charge in [0.25, 0.3) is 0 Å². The lowest BCUT2D eigenvalue weighted by Gasteiger charge is -2.21. The number of ether oxygens (including phenoxy) is 1. The Morgan fingerprint density at radius 2 is 1.86 bits per heavy atom. The topological polar surface area (TPSA) is 176 Å². The predicted molar refractivity (Wildman–Crippen MR) is 124 cm³/mol. The first-order valence-electron chi connectivity index (χ1n) is 12.1. The molecule has 0 saturated carbocycles. The third-order valence-corrected chi connectivity index (χ3v) is 5.51. The molecule has 2 amide bonds. The van der Waals surface area contributed by atoms with Crippen molar-refractivity contribution in [3.63, 3.8) is 0 Å². The third-order valence-electron chi connectivity index (χ3n) is 5.51. The Morgan fingerprint density at radius 1 is 1.22 bits per heavy atom. The fourth-order valence-corrected chi connectivity index (χ4v) is 3.52. The zero-order valence-corrected chi connectivity index (χ0v) is 20.6. The molecule has 0 aromatic carbocycles. The van der Waals surface area contributed by atoms with Gasteiger partial charge < -0.3 is 35.7 Å². The number of hydrogen-bond acceptors (Lipinski definition) is 8. The van der Waals surface area contributed by atoms with Crippen molar-refractivity contribution in [1.29, 1.82) is 0 Å². The number of halogens is 3. The maximum Gasteiger partial charge on any atom is 0.490 e. The largest absolute Gasteiger partial charge is 0.490 e. The zero-order valence-electron chi connectivity index (χ0n) is 20.6. The highest BCUT2D eigenvalue weighted by molar-refractivity contribution is 5.87. The Morgan fingerprint density at radius 3 is 2.43 bits per heavy atom. The number of hydrogen-bond donors (Lipinski definition) is 5. The first-order valence-corrected chi connectivity index (χ1v) is 12.1. The summed E-state index contributed by atoms with van der Waals surface area (Å²) in [6, 6.07) is -1.12. The Bertz CT molecular complexity index is 788. The summed E-state index contributed by atoms with van der Waals surface area (Å²) < 4.78 is 36.6. The lowest BCUT2D eigenvalue weighted by molar-refractivity contribution is -0.192. The lowest BCUT2D eigenvalue weighted by atomic mass is 9.91. The van der Waals surface area contributed by atoms with Crippen molar-refractivity contribution in [3.8, 4) is 0 Å². The van der Waals surface area contributed by atoms with Crippen molar-refractivity contribution < 1.29 is 52.1 Å². The molecule has 0 spiro atoms. The zero-order chi connectivity index (χ0) is 27.8. The summed E-state index contributed by atoms with van der Waals surface area (Å²) in [4.78, 5) is 49.3. The molecule has 12 nitrogen and oxygen atoms in total. The van der Waals surface area contributed by atoms with Gasteiger partial charge in [0.1, 0.15) is 12.1 Å². The number of oxime groups is 1. The summed E-state index contributed by atoms with van der Waals surface area (Å²) in [6.07, 6.45) is -0.463. The number of nitrogens with one attached hydrogen (secondary N) is 3. The molecule has 1 unspecified atom stereocenters. The molecule has 0 aromatic rings. The van der Waals surface area contributed by atoms with Gasteiger partial charge in [-0.15, -0.1) is 0 Å². The monoisotopic (exact) mass is 540 g/mol. The number of carbonyl (C=O) groups excluding carboxylic acids is 2. The predicted octanol–water partition coefficient (Wildman–Crippen LogP) is 2.03. The highest BCUT2D eigenvalue weighted by atomic mass is 19.4. The first kappa shape index (κ1) is 31.9. The van der Waals surface area contributed by atoms with Crippen LogP contribution in [0.2, 0.25) is 0 Å². The molecule has 1 fully saturated rings. The van der Waals surface area contributed by atoms with E-state index in [4.69, 9.17) is 19.5 Å². The Kier molecular flexibility index (Phi) is 14.3. The summed E-state index contributed by atoms with van der Waals surface area (Å²) in [5.41, 5.74) is 1.01. The van der Waals surface area contributed by atoms with Gasteiger partial charge in [0.15, 0.2) is 0 Å². The lowest BCUT2D eigenvalue weighted by Crippen LogP contribution is -2.43. The Balaban J connectivity index is 0.000000856. The van der Waals surface area contributed by atoms with Crippen molar-refractivity contribution in [3.05, 3.63) is 0 Å². The van der Waals surface area contributed by atoms with Crippen LogP contribution in [0.4, 0.5) is 18.0 Å². The number of amides is 2. The van der Waals surface area contributed by atoms with Gasteiger partial charge in [-0.3, -0.25) is 4.79 Å². The minimum absolute atomic E-state index is 0.0624. The van der Waals surface area contributed by atoms with E-state index in [2.05, 4.69) is 21.1 Å². The molecule has 5 N–H and O–H groups in total. The molecule has 1 saturated heterocycles. The first-order chi connectivity index (χ1) is 17.4. The second-order valence-corrected chi connectivity index (χ2v) is 8.66. The fraction of sp³-hybridized carbons (Fsp3) is 0.773. The summed E-state index contributed by atoms with van der Waals surface area (Å²) in [5.74, 6) is -3.54. The highest BCUT2D eigenvalue weighted by Gasteiger charge is 2.38. The Labute approximate surface area is 212 Å². The number of alkyl halides is 3. The molecular formula is C22H35F3N4O8. The molecule has 2 aliphatic heterocycles. The summed E-state index contributed by atoms with van der Waals surface area (Å²) in [5, 5.41) is 28.8. The number of aliphatic carboxylic acids is 2. The van der Waals surface area contributed by atoms with Crippen LogP contribution in [0.15, 0.2) is 5.16 Å². The van der Waals surface area contributed by atoms with Gasteiger partial charge in [-0.05, 0) is 51.1 Å². The fourth-order valence-electron chi connectivity index (χ4n) is 3.52. The molecule has 0 aliphatic carbocycles. The molecule has 0 bridgehead atoms. The van der Waals surface area contributed by atoms with E-state index in [1.54, 1.807) is 0 Å². The quantitative estimate of drug-likeness (QED) is 0.232. The van der Waals surface area contributed by atoms with Gasteiger partial charge in [0.2, 0.25) is 5.91 Å². The van der Waals surface area contributed by atoms with E-state index in [-0.39, 0.29) is 38.0 Å². The number of nitrogens with zero attached hydrogens (tertiary/aromatic N) is 1. The molecular weight excluding hydrogens is 505 g/mol. The molecule has 2 heterocycles. The van der Waals surface area contributed by atoms with Gasteiger partial charge in [0.05, 0.1) is 18.7 Å². The summed E-state index contributed by atoms with van der Waals surface area (Å²) in [7, 11) is 0. The second-order valence-electron chi connectivity index (χ2n) is 8.66. The van der Waals surface area contributed by atoms with Gasteiger partial charge in [-0.1, -0.05) is 18.5 Å². The maximum absolute atomic E-state index is 12.1. The summed E-state index contributed by atoms with van der Waals surface area (Å²) in [6.45, 7) is 4.40. The number of unbranched alkanes of at least 4 members (excludes halogenated alkanes) is 1. The van der Waals surface area contributed by atoms with Crippen molar-refractivity contribution in [1.82, 2.24) is 16.0 Å². The van der Waals surface area contributed by atoms with E-state index in [1.165, 1.54) is 0 Å². The minimum atomic E-state index is -5.08. The van der Waals surface area contributed by atoms with Crippen LogP contribution in [0.5, 0.6) is 0 Å². The number of carboxylic acid groups (broad SMARTS) is 2. The molecule has 15 heteroatoms. The molecule has 0 radical (unpaired) electrons. The van der Waals surface area contributed by atoms with Gasteiger partial charge >= 0.3 is 24.2 Å². The van der Waals surface area contributed by atoms with Crippen LogP contribution in [0.3, 0.4) is 0 Å². The van der Waals surface area contributed by atoms with Crippen LogP contribution in [-0.2, 0) is 24.0 Å². The van der Waals surface area contributed by atoms with Gasteiger partial charge in [-0.25, -0.2) is 14.4 Å². The van der Waals surface area contributed by atoms with Gasteiger partial charge in [-0.2, -0.15) is 13.2 Å². The number of carboxylic acids is 2. The summed E-state index contributed by atoms with van der Waals surface area (Å²) >= 11 is 0. The molecule has 2 atom stereocenters. The van der Waals surface area contributed by atoms with Crippen LogP contribution >= 0.6 is 0 Å². The minimum Gasteiger partial charge on any atom is -0.480 e. The molecule has 37 heavy (non-hydrogen) atoms. The van der Waals surface area contributed by atoms with Crippen molar-refractivity contribution in [2.24, 2.45) is 11.1 Å². The van der Waals surface area contributed by atoms with Crippen LogP contribution in [-0.4, -0.2) is 84.4 Å². The normalized spacial score (nSPS) is 18.4. The molecule has 2 rings (SSSR count). The van der Waals surface area contributed by atoms with Crippen LogP contribution in [0.25, 0.3) is 0 Å². The average Bonchev–Trinajstić information content (AvgIpc) is 3.25.